The van der Waals surface area contributed by atoms with Gasteiger partial charge in [-0.05, 0) is 12.8 Å². The molecule has 1 heterocycles. The van der Waals surface area contributed by atoms with E-state index < -0.39 is 0 Å². The molecule has 1 aliphatic rings. The van der Waals surface area contributed by atoms with Gasteiger partial charge < -0.3 is 0 Å². The molecular weight excluding hydrogens is 126 g/mol. The molecule has 1 rings (SSSR count). The lowest BCUT2D eigenvalue weighted by atomic mass is 10.1. The standard InChI is InChI=1S/C7H15N3/c1-2-4-6-8-10-9-7-5-3-1/h1-7H2,(H,8,9). The number of rotatable bonds is 0. The van der Waals surface area contributed by atoms with Gasteiger partial charge >= 0.3 is 0 Å². The number of hydrogen-bond donors (Lipinski definition) is 1. The van der Waals surface area contributed by atoms with Gasteiger partial charge in [0.05, 0.1) is 6.54 Å². The van der Waals surface area contributed by atoms with Crippen molar-refractivity contribution < 1.29 is 0 Å². The van der Waals surface area contributed by atoms with Gasteiger partial charge in [0.1, 0.15) is 0 Å². The lowest BCUT2D eigenvalue weighted by molar-refractivity contribution is 0.545. The molecule has 0 aromatic heterocycles. The first-order chi connectivity index (χ1) is 5.00. The van der Waals surface area contributed by atoms with Crippen LogP contribution < -0.4 is 5.43 Å². The Morgan fingerprint density at radius 2 is 1.70 bits per heavy atom. The second-order valence-electron chi connectivity index (χ2n) is 2.64. The maximum absolute atomic E-state index is 3.95. The van der Waals surface area contributed by atoms with E-state index in [0.29, 0.717) is 0 Å². The van der Waals surface area contributed by atoms with Crippen LogP contribution in [0.1, 0.15) is 32.1 Å². The molecule has 10 heavy (non-hydrogen) atoms. The molecule has 0 spiro atoms. The molecule has 0 aromatic rings. The van der Waals surface area contributed by atoms with Crippen LogP contribution >= 0.6 is 0 Å². The fourth-order valence-corrected chi connectivity index (χ4v) is 1.07. The van der Waals surface area contributed by atoms with E-state index in [1.807, 2.05) is 0 Å². The SMILES string of the molecule is C1CCCN=NNCCC1. The zero-order valence-electron chi connectivity index (χ0n) is 6.34. The summed E-state index contributed by atoms with van der Waals surface area (Å²) in [5, 5.41) is 7.75. The van der Waals surface area contributed by atoms with E-state index in [1.54, 1.807) is 0 Å². The van der Waals surface area contributed by atoms with Crippen molar-refractivity contribution in [1.29, 1.82) is 0 Å². The molecule has 58 valence electrons. The van der Waals surface area contributed by atoms with Gasteiger partial charge in [-0.15, -0.1) is 0 Å². The predicted octanol–water partition coefficient (Wildman–Crippen LogP) is 1.91. The first-order valence-corrected chi connectivity index (χ1v) is 4.09. The van der Waals surface area contributed by atoms with Crippen molar-refractivity contribution >= 4 is 0 Å². The third kappa shape index (κ3) is 3.43. The minimum atomic E-state index is 0.896. The lowest BCUT2D eigenvalue weighted by Crippen LogP contribution is -2.07. The van der Waals surface area contributed by atoms with Gasteiger partial charge in [0.15, 0.2) is 0 Å². The summed E-state index contributed by atoms with van der Waals surface area (Å²) >= 11 is 0. The highest BCUT2D eigenvalue weighted by molar-refractivity contribution is 4.49. The Balaban J connectivity index is 2.13. The second kappa shape index (κ2) is 5.21. The predicted molar refractivity (Wildman–Crippen MR) is 40.8 cm³/mol. The molecule has 3 heteroatoms. The second-order valence-corrected chi connectivity index (χ2v) is 2.64. The molecular formula is C7H15N3. The highest BCUT2D eigenvalue weighted by atomic mass is 15.4. The summed E-state index contributed by atoms with van der Waals surface area (Å²) in [4.78, 5) is 0. The van der Waals surface area contributed by atoms with Crippen LogP contribution in [0.2, 0.25) is 0 Å². The van der Waals surface area contributed by atoms with Gasteiger partial charge in [0.2, 0.25) is 0 Å². The molecule has 0 amide bonds. The fraction of sp³-hybridized carbons (Fsp3) is 1.00. The van der Waals surface area contributed by atoms with Crippen molar-refractivity contribution in [3.05, 3.63) is 0 Å². The van der Waals surface area contributed by atoms with Crippen LogP contribution in [0.15, 0.2) is 10.3 Å². The van der Waals surface area contributed by atoms with E-state index in [1.165, 1.54) is 32.1 Å². The maximum Gasteiger partial charge on any atom is 0.0620 e. The van der Waals surface area contributed by atoms with E-state index in [2.05, 4.69) is 15.8 Å². The van der Waals surface area contributed by atoms with Gasteiger partial charge in [0.25, 0.3) is 0 Å². The maximum atomic E-state index is 3.95. The first kappa shape index (κ1) is 7.51. The summed E-state index contributed by atoms with van der Waals surface area (Å²) in [5.74, 6) is 0. The van der Waals surface area contributed by atoms with Crippen molar-refractivity contribution in [2.75, 3.05) is 13.1 Å². The first-order valence-electron chi connectivity index (χ1n) is 4.09. The Kier molecular flexibility index (Phi) is 3.91. The number of nitrogens with one attached hydrogen (secondary N) is 1. The topological polar surface area (TPSA) is 36.8 Å². The molecule has 0 radical (unpaired) electrons. The Hall–Kier alpha value is -0.600. The minimum absolute atomic E-state index is 0.896. The molecule has 1 aliphatic heterocycles. The van der Waals surface area contributed by atoms with Crippen molar-refractivity contribution in [2.24, 2.45) is 10.3 Å². The highest BCUT2D eigenvalue weighted by Crippen LogP contribution is 2.03. The van der Waals surface area contributed by atoms with Gasteiger partial charge in [-0.25, -0.2) is 0 Å². The van der Waals surface area contributed by atoms with Gasteiger partial charge in [-0.1, -0.05) is 24.5 Å². The normalized spacial score (nSPS) is 21.6. The van der Waals surface area contributed by atoms with E-state index in [9.17, 15) is 0 Å². The molecule has 0 saturated carbocycles. The Bertz CT molecular complexity index is 89.0. The smallest absolute Gasteiger partial charge is 0.0620 e. The van der Waals surface area contributed by atoms with E-state index in [4.69, 9.17) is 0 Å². The average Bonchev–Trinajstić information content (AvgIpc) is 2.01. The molecule has 0 saturated heterocycles. The van der Waals surface area contributed by atoms with Crippen LogP contribution in [0.25, 0.3) is 0 Å². The van der Waals surface area contributed by atoms with Crippen molar-refractivity contribution in [3.8, 4) is 0 Å². The number of hydrogen-bond acceptors (Lipinski definition) is 3. The minimum Gasteiger partial charge on any atom is -0.292 e. The molecule has 0 atom stereocenters. The Morgan fingerprint density at radius 1 is 0.900 bits per heavy atom. The molecule has 0 fully saturated rings. The largest absolute Gasteiger partial charge is 0.292 e. The highest BCUT2D eigenvalue weighted by Gasteiger charge is 1.91. The Morgan fingerprint density at radius 3 is 2.70 bits per heavy atom. The van der Waals surface area contributed by atoms with Crippen LogP contribution in [0, 0.1) is 0 Å². The average molecular weight is 141 g/mol. The quantitative estimate of drug-likeness (QED) is 0.549. The van der Waals surface area contributed by atoms with Crippen LogP contribution in [0.3, 0.4) is 0 Å². The molecule has 0 aliphatic carbocycles. The van der Waals surface area contributed by atoms with Crippen LogP contribution in [0.5, 0.6) is 0 Å². The number of nitrogens with zero attached hydrogens (tertiary/aromatic N) is 2. The van der Waals surface area contributed by atoms with Crippen LogP contribution in [-0.2, 0) is 0 Å². The third-order valence-electron chi connectivity index (χ3n) is 1.69. The van der Waals surface area contributed by atoms with Gasteiger partial charge in [-0.3, -0.25) is 5.43 Å². The lowest BCUT2D eigenvalue weighted by Gasteiger charge is -2.02. The molecule has 0 bridgehead atoms. The zero-order valence-corrected chi connectivity index (χ0v) is 6.34. The summed E-state index contributed by atoms with van der Waals surface area (Å²) in [6.07, 6.45) is 6.45. The summed E-state index contributed by atoms with van der Waals surface area (Å²) < 4.78 is 0. The third-order valence-corrected chi connectivity index (χ3v) is 1.69. The van der Waals surface area contributed by atoms with Crippen LogP contribution in [0.4, 0.5) is 0 Å². The zero-order chi connectivity index (χ0) is 7.07. The molecule has 0 unspecified atom stereocenters. The molecule has 1 N–H and O–H groups in total. The van der Waals surface area contributed by atoms with Crippen molar-refractivity contribution in [3.63, 3.8) is 0 Å². The Labute approximate surface area is 61.9 Å². The molecule has 0 aromatic carbocycles. The summed E-state index contributed by atoms with van der Waals surface area (Å²) in [6.45, 7) is 1.89. The summed E-state index contributed by atoms with van der Waals surface area (Å²) in [6, 6.07) is 0. The van der Waals surface area contributed by atoms with E-state index >= 15 is 0 Å². The van der Waals surface area contributed by atoms with E-state index in [0.717, 1.165) is 13.1 Å². The fourth-order valence-electron chi connectivity index (χ4n) is 1.07. The van der Waals surface area contributed by atoms with Gasteiger partial charge in [-0.2, -0.15) is 5.11 Å². The summed E-state index contributed by atoms with van der Waals surface area (Å²) in [7, 11) is 0. The monoisotopic (exact) mass is 141 g/mol. The van der Waals surface area contributed by atoms with Gasteiger partial charge in [0, 0.05) is 6.54 Å². The van der Waals surface area contributed by atoms with Crippen molar-refractivity contribution in [2.45, 2.75) is 32.1 Å². The van der Waals surface area contributed by atoms with E-state index in [-0.39, 0.29) is 0 Å². The van der Waals surface area contributed by atoms with Crippen LogP contribution in [-0.4, -0.2) is 13.1 Å². The summed E-state index contributed by atoms with van der Waals surface area (Å²) in [5.41, 5.74) is 2.91. The molecule has 3 nitrogen and oxygen atoms in total. The van der Waals surface area contributed by atoms with Crippen molar-refractivity contribution in [1.82, 2.24) is 5.43 Å².